The van der Waals surface area contributed by atoms with Gasteiger partial charge in [0.1, 0.15) is 0 Å². The van der Waals surface area contributed by atoms with Gasteiger partial charge in [-0.25, -0.2) is 0 Å². The lowest BCUT2D eigenvalue weighted by Gasteiger charge is -2.03. The smallest absolute Gasteiger partial charge is 0.0901 e. The fourth-order valence-corrected chi connectivity index (χ4v) is 5.15. The highest BCUT2D eigenvalue weighted by molar-refractivity contribution is 5.67. The van der Waals surface area contributed by atoms with E-state index in [-0.39, 0.29) is 0 Å². The second-order valence-corrected chi connectivity index (χ2v) is 11.0. The van der Waals surface area contributed by atoms with Crippen LogP contribution in [0.5, 0.6) is 0 Å². The zero-order valence-electron chi connectivity index (χ0n) is 26.0. The van der Waals surface area contributed by atoms with Crippen molar-refractivity contribution in [2.24, 2.45) is 30.7 Å². The van der Waals surface area contributed by atoms with E-state index in [9.17, 15) is 0 Å². The molecule has 0 bridgehead atoms. The van der Waals surface area contributed by atoms with Crippen LogP contribution in [0, 0.1) is 0 Å². The highest BCUT2D eigenvalue weighted by atomic mass is 15.1. The second-order valence-electron chi connectivity index (χ2n) is 11.0. The molecule has 0 unspecified atom stereocenters. The number of rotatable bonds is 9. The summed E-state index contributed by atoms with van der Waals surface area (Å²) in [6.07, 6.45) is 0. The summed E-state index contributed by atoms with van der Waals surface area (Å²) in [5.41, 5.74) is 10.8. The van der Waals surface area contributed by atoms with E-state index in [0.29, 0.717) is 17.1 Å². The Balaban J connectivity index is 1.14. The monoisotopic (exact) mass is 618 g/mol. The van der Waals surface area contributed by atoms with Crippen molar-refractivity contribution in [1.29, 1.82) is 0 Å². The van der Waals surface area contributed by atoms with Crippen LogP contribution in [0.25, 0.3) is 33.4 Å². The minimum Gasteiger partial charge on any atom is -0.151 e. The van der Waals surface area contributed by atoms with Gasteiger partial charge in [-0.1, -0.05) is 127 Å². The maximum absolute atomic E-state index is 4.52. The average molecular weight is 619 g/mol. The second kappa shape index (κ2) is 14.6. The standard InChI is InChI=1S/C42H30N6/c1-4-10-31(11-5-1)34-16-22-37(23-17-34)43-46-40-28-41(47-44-38-24-18-35(19-25-38)32-12-6-2-7-13-32)30-42(29-40)48-45-39-26-20-36(21-27-39)33-14-8-3-9-15-33/h1-30H. The van der Waals surface area contributed by atoms with Crippen LogP contribution in [0.4, 0.5) is 34.1 Å². The lowest BCUT2D eigenvalue weighted by atomic mass is 10.1. The molecular weight excluding hydrogens is 589 g/mol. The van der Waals surface area contributed by atoms with Crippen LogP contribution in [0.1, 0.15) is 0 Å². The van der Waals surface area contributed by atoms with Gasteiger partial charge in [0.05, 0.1) is 34.1 Å². The van der Waals surface area contributed by atoms with Gasteiger partial charge in [-0.05, 0) is 88.0 Å². The molecule has 0 radical (unpaired) electrons. The summed E-state index contributed by atoms with van der Waals surface area (Å²) in [6, 6.07) is 60.2. The van der Waals surface area contributed by atoms with Crippen LogP contribution < -0.4 is 0 Å². The Bertz CT molecular complexity index is 1910. The van der Waals surface area contributed by atoms with Gasteiger partial charge in [-0.2, -0.15) is 30.7 Å². The summed E-state index contributed by atoms with van der Waals surface area (Å²) in [4.78, 5) is 0. The minimum absolute atomic E-state index is 0.589. The van der Waals surface area contributed by atoms with Crippen molar-refractivity contribution in [2.75, 3.05) is 0 Å². The molecule has 6 heteroatoms. The first kappa shape index (κ1) is 30.0. The van der Waals surface area contributed by atoms with Gasteiger partial charge >= 0.3 is 0 Å². The third-order valence-corrected chi connectivity index (χ3v) is 7.65. The molecule has 7 aromatic rings. The fraction of sp³-hybridized carbons (Fsp3) is 0. The fourth-order valence-electron chi connectivity index (χ4n) is 5.15. The van der Waals surface area contributed by atoms with Crippen LogP contribution in [-0.2, 0) is 0 Å². The Labute approximate surface area is 279 Å². The molecule has 0 spiro atoms. The molecule has 0 saturated heterocycles. The summed E-state index contributed by atoms with van der Waals surface area (Å²) in [7, 11) is 0. The predicted molar refractivity (Wildman–Crippen MR) is 195 cm³/mol. The van der Waals surface area contributed by atoms with Gasteiger partial charge in [0.2, 0.25) is 0 Å². The molecule has 7 aromatic carbocycles. The number of benzene rings is 7. The van der Waals surface area contributed by atoms with Crippen molar-refractivity contribution in [3.8, 4) is 33.4 Å². The van der Waals surface area contributed by atoms with E-state index in [1.165, 1.54) is 0 Å². The van der Waals surface area contributed by atoms with Crippen molar-refractivity contribution in [1.82, 2.24) is 0 Å². The van der Waals surface area contributed by atoms with Crippen LogP contribution in [0.2, 0.25) is 0 Å². The van der Waals surface area contributed by atoms with E-state index >= 15 is 0 Å². The van der Waals surface area contributed by atoms with Crippen LogP contribution in [0.15, 0.2) is 213 Å². The van der Waals surface area contributed by atoms with E-state index in [0.717, 1.165) is 50.4 Å². The molecule has 228 valence electrons. The summed E-state index contributed by atoms with van der Waals surface area (Å²) < 4.78 is 0. The van der Waals surface area contributed by atoms with Gasteiger partial charge in [-0.15, -0.1) is 0 Å². The lowest BCUT2D eigenvalue weighted by molar-refractivity contribution is 1.18. The number of hydrogen-bond donors (Lipinski definition) is 0. The zero-order valence-corrected chi connectivity index (χ0v) is 26.0. The third-order valence-electron chi connectivity index (χ3n) is 7.65. The Hall–Kier alpha value is -6.66. The molecule has 48 heavy (non-hydrogen) atoms. The molecule has 0 saturated carbocycles. The molecule has 0 aliphatic rings. The quantitative estimate of drug-likeness (QED) is 0.144. The maximum atomic E-state index is 4.52. The largest absolute Gasteiger partial charge is 0.151 e. The van der Waals surface area contributed by atoms with Gasteiger partial charge < -0.3 is 0 Å². The highest BCUT2D eigenvalue weighted by Gasteiger charge is 2.04. The molecule has 0 aliphatic heterocycles. The molecule has 0 aromatic heterocycles. The van der Waals surface area contributed by atoms with E-state index in [4.69, 9.17) is 0 Å². The van der Waals surface area contributed by atoms with Crippen molar-refractivity contribution in [3.63, 3.8) is 0 Å². The number of hydrogen-bond acceptors (Lipinski definition) is 6. The Morgan fingerprint density at radius 1 is 0.188 bits per heavy atom. The maximum Gasteiger partial charge on any atom is 0.0901 e. The molecule has 0 N–H and O–H groups in total. The summed E-state index contributed by atoms with van der Waals surface area (Å²) in [5.74, 6) is 0. The Kier molecular flexibility index (Phi) is 9.15. The molecular formula is C42H30N6. The van der Waals surface area contributed by atoms with Gasteiger partial charge in [0, 0.05) is 0 Å². The van der Waals surface area contributed by atoms with Gasteiger partial charge in [0.25, 0.3) is 0 Å². The first-order chi connectivity index (χ1) is 23.7. The number of nitrogens with zero attached hydrogens (tertiary/aromatic N) is 6. The highest BCUT2D eigenvalue weighted by Crippen LogP contribution is 2.33. The summed E-state index contributed by atoms with van der Waals surface area (Å²) in [5, 5.41) is 27.0. The van der Waals surface area contributed by atoms with E-state index in [2.05, 4.69) is 67.1 Å². The van der Waals surface area contributed by atoms with E-state index in [1.54, 1.807) is 0 Å². The van der Waals surface area contributed by atoms with Gasteiger partial charge in [0.15, 0.2) is 0 Å². The molecule has 7 rings (SSSR count). The number of azo groups is 3. The molecule has 0 amide bonds. The Morgan fingerprint density at radius 3 is 0.646 bits per heavy atom. The van der Waals surface area contributed by atoms with Crippen LogP contribution in [-0.4, -0.2) is 0 Å². The van der Waals surface area contributed by atoms with Crippen molar-refractivity contribution < 1.29 is 0 Å². The SMILES string of the molecule is c1ccc(-c2ccc(N=Nc3cc(N=Nc4ccc(-c5ccccc5)cc4)cc(N=Nc4ccc(-c5ccccc5)cc4)c3)cc2)cc1. The van der Waals surface area contributed by atoms with Crippen molar-refractivity contribution >= 4 is 34.1 Å². The zero-order chi connectivity index (χ0) is 32.4. The van der Waals surface area contributed by atoms with Gasteiger partial charge in [-0.3, -0.25) is 0 Å². The van der Waals surface area contributed by atoms with Crippen LogP contribution in [0.3, 0.4) is 0 Å². The average Bonchev–Trinajstić information content (AvgIpc) is 3.17. The molecule has 6 nitrogen and oxygen atoms in total. The van der Waals surface area contributed by atoms with Crippen molar-refractivity contribution in [3.05, 3.63) is 182 Å². The first-order valence-electron chi connectivity index (χ1n) is 15.6. The lowest BCUT2D eigenvalue weighted by Crippen LogP contribution is -1.76. The van der Waals surface area contributed by atoms with Crippen LogP contribution >= 0.6 is 0 Å². The molecule has 0 atom stereocenters. The third kappa shape index (κ3) is 7.76. The van der Waals surface area contributed by atoms with E-state index < -0.39 is 0 Å². The minimum atomic E-state index is 0.589. The molecule has 0 heterocycles. The topological polar surface area (TPSA) is 74.2 Å². The molecule has 0 fully saturated rings. The normalized spacial score (nSPS) is 11.5. The molecule has 0 aliphatic carbocycles. The summed E-state index contributed by atoms with van der Waals surface area (Å²) >= 11 is 0. The Morgan fingerprint density at radius 2 is 0.396 bits per heavy atom. The van der Waals surface area contributed by atoms with E-state index in [1.807, 2.05) is 146 Å². The first-order valence-corrected chi connectivity index (χ1v) is 15.6. The van der Waals surface area contributed by atoms with Crippen molar-refractivity contribution in [2.45, 2.75) is 0 Å². The predicted octanol–water partition coefficient (Wildman–Crippen LogP) is 13.9. The summed E-state index contributed by atoms with van der Waals surface area (Å²) in [6.45, 7) is 0.